The molecule has 1 aliphatic rings. The molecule has 0 heterocycles. The van der Waals surface area contributed by atoms with E-state index in [1.54, 1.807) is 62.3 Å². The molecule has 40 heavy (non-hydrogen) atoms. The van der Waals surface area contributed by atoms with Crippen molar-refractivity contribution in [3.05, 3.63) is 28.8 Å². The first-order valence-corrected chi connectivity index (χ1v) is 14.1. The summed E-state index contributed by atoms with van der Waals surface area (Å²) in [5.41, 5.74) is -1.08. The van der Waals surface area contributed by atoms with Gasteiger partial charge in [0.05, 0.1) is 16.2 Å². The molecule has 0 fully saturated rings. The summed E-state index contributed by atoms with van der Waals surface area (Å²) in [5.74, 6) is -2.09. The molecule has 0 aromatic heterocycles. The van der Waals surface area contributed by atoms with Gasteiger partial charge in [0.2, 0.25) is 0 Å². The fourth-order valence-corrected chi connectivity index (χ4v) is 4.43. The van der Waals surface area contributed by atoms with Gasteiger partial charge in [-0.2, -0.15) is 0 Å². The van der Waals surface area contributed by atoms with Crippen molar-refractivity contribution in [1.82, 2.24) is 0 Å². The summed E-state index contributed by atoms with van der Waals surface area (Å²) in [6.07, 6.45) is 3.89. The van der Waals surface area contributed by atoms with Crippen molar-refractivity contribution < 1.29 is 33.4 Å². The predicted molar refractivity (Wildman–Crippen MR) is 156 cm³/mol. The minimum Gasteiger partial charge on any atom is -0.426 e. The molecule has 0 aliphatic heterocycles. The molecule has 7 nitrogen and oxygen atoms in total. The highest BCUT2D eigenvalue weighted by Gasteiger charge is 2.39. The molecule has 1 aromatic rings. The Bertz CT molecular complexity index is 1200. The van der Waals surface area contributed by atoms with Gasteiger partial charge in [-0.3, -0.25) is 19.2 Å². The predicted octanol–water partition coefficient (Wildman–Crippen LogP) is 7.84. The van der Waals surface area contributed by atoms with Crippen LogP contribution in [0.5, 0.6) is 17.2 Å². The molecule has 222 valence electrons. The third kappa shape index (κ3) is 7.82. The molecular formula is C33H48O7. The van der Waals surface area contributed by atoms with Crippen molar-refractivity contribution in [1.29, 1.82) is 0 Å². The molecule has 7 heteroatoms. The van der Waals surface area contributed by atoms with Crippen molar-refractivity contribution >= 4 is 23.7 Å². The largest absolute Gasteiger partial charge is 0.426 e. The summed E-state index contributed by atoms with van der Waals surface area (Å²) in [7, 11) is 0. The lowest BCUT2D eigenvalue weighted by Crippen LogP contribution is -2.31. The van der Waals surface area contributed by atoms with E-state index in [1.165, 1.54) is 13.0 Å². The van der Waals surface area contributed by atoms with Crippen LogP contribution in [0.2, 0.25) is 0 Å². The molecule has 2 rings (SSSR count). The summed E-state index contributed by atoms with van der Waals surface area (Å²) in [5, 5.41) is 0. The first-order chi connectivity index (χ1) is 18.1. The lowest BCUT2D eigenvalue weighted by Gasteiger charge is -2.35. The number of hydrogen-bond acceptors (Lipinski definition) is 7. The number of carbonyl (C=O) groups is 4. The van der Waals surface area contributed by atoms with Crippen LogP contribution in [0, 0.1) is 28.1 Å². The Balaban J connectivity index is 3.09. The quantitative estimate of drug-likeness (QED) is 0.152. The zero-order valence-electron chi connectivity index (χ0n) is 26.7. The zero-order valence-corrected chi connectivity index (χ0v) is 26.7. The molecule has 1 aromatic carbocycles. The van der Waals surface area contributed by atoms with Crippen molar-refractivity contribution in [3.8, 4) is 17.2 Å². The monoisotopic (exact) mass is 556 g/mol. The molecule has 0 bridgehead atoms. The second-order valence-electron chi connectivity index (χ2n) is 14.5. The minimum atomic E-state index is -0.901. The maximum absolute atomic E-state index is 13.3. The van der Waals surface area contributed by atoms with Crippen molar-refractivity contribution in [2.24, 2.45) is 28.1 Å². The fourth-order valence-electron chi connectivity index (χ4n) is 4.43. The van der Waals surface area contributed by atoms with E-state index in [9.17, 15) is 19.2 Å². The average molecular weight is 557 g/mol. The normalized spacial score (nSPS) is 18.2. The summed E-state index contributed by atoms with van der Waals surface area (Å²) >= 11 is 0. The highest BCUT2D eigenvalue weighted by molar-refractivity contribution is 6.02. The molecule has 0 saturated heterocycles. The van der Waals surface area contributed by atoms with Crippen LogP contribution >= 0.6 is 0 Å². The van der Waals surface area contributed by atoms with Gasteiger partial charge in [-0.05, 0) is 101 Å². The van der Waals surface area contributed by atoms with E-state index in [4.69, 9.17) is 14.2 Å². The van der Waals surface area contributed by atoms with Crippen molar-refractivity contribution in [2.45, 2.75) is 109 Å². The standard InChI is InChI=1S/C33H48O7/c1-18(2)21-15-14-19(3)16-22(21)26-24(39-29(36)32(8,9)10)17-23(38-28(35)31(5,6)7)25(20(4)34)27(26)40-30(37)33(11,12)13/h16-18,21-22H,14-15H2,1-13H3. The fraction of sp³-hybridized carbons (Fsp3) is 0.636. The number of benzene rings is 1. The van der Waals surface area contributed by atoms with Gasteiger partial charge in [0.15, 0.2) is 11.5 Å². The lowest BCUT2D eigenvalue weighted by atomic mass is 9.71. The van der Waals surface area contributed by atoms with Gasteiger partial charge < -0.3 is 14.2 Å². The van der Waals surface area contributed by atoms with Crippen LogP contribution in [-0.2, 0) is 14.4 Å². The number of esters is 3. The number of hydrogen-bond donors (Lipinski definition) is 0. The molecular weight excluding hydrogens is 508 g/mol. The van der Waals surface area contributed by atoms with Crippen LogP contribution < -0.4 is 14.2 Å². The first-order valence-electron chi connectivity index (χ1n) is 14.1. The Kier molecular flexibility index (Phi) is 9.87. The van der Waals surface area contributed by atoms with Crippen molar-refractivity contribution in [3.63, 3.8) is 0 Å². The Morgan fingerprint density at radius 1 is 0.775 bits per heavy atom. The minimum absolute atomic E-state index is 0.0232. The van der Waals surface area contributed by atoms with E-state index < -0.39 is 39.9 Å². The Hall–Kier alpha value is -2.96. The van der Waals surface area contributed by atoms with Crippen LogP contribution in [-0.4, -0.2) is 23.7 Å². The Morgan fingerprint density at radius 2 is 1.23 bits per heavy atom. The molecule has 0 spiro atoms. The van der Waals surface area contributed by atoms with Gasteiger partial charge in [0.1, 0.15) is 17.1 Å². The van der Waals surface area contributed by atoms with E-state index in [0.717, 1.165) is 18.4 Å². The third-order valence-electron chi connectivity index (χ3n) is 7.02. The second kappa shape index (κ2) is 11.9. The van der Waals surface area contributed by atoms with Gasteiger partial charge in [-0.1, -0.05) is 25.5 Å². The van der Waals surface area contributed by atoms with Crippen LogP contribution in [0.15, 0.2) is 17.7 Å². The molecule has 2 unspecified atom stereocenters. The van der Waals surface area contributed by atoms with Crippen LogP contribution in [0.4, 0.5) is 0 Å². The molecule has 2 atom stereocenters. The Labute approximate surface area is 240 Å². The summed E-state index contributed by atoms with van der Waals surface area (Å²) in [6.45, 7) is 23.1. The highest BCUT2D eigenvalue weighted by Crippen LogP contribution is 2.51. The number of rotatable bonds is 6. The van der Waals surface area contributed by atoms with E-state index in [2.05, 4.69) is 19.9 Å². The molecule has 0 amide bonds. The van der Waals surface area contributed by atoms with Gasteiger partial charge in [-0.15, -0.1) is 0 Å². The second-order valence-corrected chi connectivity index (χ2v) is 14.5. The van der Waals surface area contributed by atoms with Crippen LogP contribution in [0.25, 0.3) is 0 Å². The van der Waals surface area contributed by atoms with Gasteiger partial charge in [-0.25, -0.2) is 0 Å². The maximum atomic E-state index is 13.3. The number of carbonyl (C=O) groups excluding carboxylic acids is 4. The zero-order chi connectivity index (χ0) is 31.0. The number of ketones is 1. The molecule has 0 N–H and O–H groups in total. The third-order valence-corrected chi connectivity index (χ3v) is 7.02. The van der Waals surface area contributed by atoms with Gasteiger partial charge in [0.25, 0.3) is 0 Å². The lowest BCUT2D eigenvalue weighted by molar-refractivity contribution is -0.143. The first kappa shape index (κ1) is 33.2. The highest BCUT2D eigenvalue weighted by atomic mass is 16.6. The van der Waals surface area contributed by atoms with Gasteiger partial charge >= 0.3 is 17.9 Å². The Morgan fingerprint density at radius 3 is 1.65 bits per heavy atom. The number of allylic oxidation sites excluding steroid dienone is 2. The summed E-state index contributed by atoms with van der Waals surface area (Å²) in [6, 6.07) is 1.43. The van der Waals surface area contributed by atoms with E-state index in [0.29, 0.717) is 5.56 Å². The average Bonchev–Trinajstić information content (AvgIpc) is 2.76. The van der Waals surface area contributed by atoms with E-state index >= 15 is 0 Å². The summed E-state index contributed by atoms with van der Waals surface area (Å²) < 4.78 is 17.8. The van der Waals surface area contributed by atoms with Crippen LogP contribution in [0.1, 0.15) is 125 Å². The van der Waals surface area contributed by atoms with E-state index in [-0.39, 0.29) is 40.6 Å². The smallest absolute Gasteiger partial charge is 0.316 e. The van der Waals surface area contributed by atoms with Crippen molar-refractivity contribution in [2.75, 3.05) is 0 Å². The SMILES string of the molecule is CC(=O)c1c(OC(=O)C(C)(C)C)cc(OC(=O)C(C)(C)C)c(C2C=C(C)CCC2C(C)C)c1OC(=O)C(C)(C)C. The summed E-state index contributed by atoms with van der Waals surface area (Å²) in [4.78, 5) is 52.8. The number of Topliss-reactive ketones (excluding diaryl/α,β-unsaturated/α-hetero) is 1. The van der Waals surface area contributed by atoms with Gasteiger partial charge in [0, 0.05) is 17.5 Å². The topological polar surface area (TPSA) is 96.0 Å². The molecule has 0 saturated carbocycles. The van der Waals surface area contributed by atoms with E-state index in [1.807, 2.05) is 6.92 Å². The molecule has 0 radical (unpaired) electrons. The molecule has 1 aliphatic carbocycles. The maximum Gasteiger partial charge on any atom is 0.316 e. The van der Waals surface area contributed by atoms with Crippen LogP contribution in [0.3, 0.4) is 0 Å². The number of ether oxygens (including phenoxy) is 3.